The Hall–Kier alpha value is -0.220. The van der Waals surface area contributed by atoms with Gasteiger partial charge < -0.3 is 10.2 Å². The normalized spacial score (nSPS) is 34.4. The molecule has 0 amide bonds. The molecule has 3 nitrogen and oxygen atoms in total. The van der Waals surface area contributed by atoms with Gasteiger partial charge in [-0.15, -0.1) is 0 Å². The molecule has 1 spiro atoms. The zero-order valence-corrected chi connectivity index (χ0v) is 12.9. The molecule has 18 heavy (non-hydrogen) atoms. The molecular weight excluding hydrogens is 242 g/mol. The second-order valence-corrected chi connectivity index (χ2v) is 7.18. The van der Waals surface area contributed by atoms with E-state index in [1.807, 2.05) is 11.8 Å². The van der Waals surface area contributed by atoms with Gasteiger partial charge in [-0.05, 0) is 58.7 Å². The van der Waals surface area contributed by atoms with Crippen molar-refractivity contribution in [3.63, 3.8) is 0 Å². The summed E-state index contributed by atoms with van der Waals surface area (Å²) < 4.78 is 0. The fourth-order valence-electron chi connectivity index (χ4n) is 2.74. The standard InChI is InChI=1S/C14H27N3S/c1-12-5-7-14(8-6-12)11-18-13(16-14)15-9-4-10-17(2)3/h12H,4-11H2,1-3H3,(H,15,16). The Kier molecular flexibility index (Phi) is 4.96. The van der Waals surface area contributed by atoms with E-state index in [1.54, 1.807) is 0 Å². The highest BCUT2D eigenvalue weighted by Crippen LogP contribution is 2.38. The molecule has 1 N–H and O–H groups in total. The number of hydrogen-bond acceptors (Lipinski definition) is 3. The zero-order chi connectivity index (χ0) is 13.0. The molecule has 1 heterocycles. The molecule has 2 fully saturated rings. The van der Waals surface area contributed by atoms with Crippen molar-refractivity contribution in [2.45, 2.75) is 44.6 Å². The van der Waals surface area contributed by atoms with Crippen molar-refractivity contribution in [3.05, 3.63) is 0 Å². The highest BCUT2D eigenvalue weighted by atomic mass is 32.2. The Balaban J connectivity index is 1.75. The minimum Gasteiger partial charge on any atom is -0.359 e. The average Bonchev–Trinajstić information content (AvgIpc) is 2.73. The number of nitrogens with one attached hydrogen (secondary N) is 1. The van der Waals surface area contributed by atoms with Crippen LogP contribution in [0.15, 0.2) is 4.99 Å². The predicted molar refractivity (Wildman–Crippen MR) is 81.4 cm³/mol. The maximum absolute atomic E-state index is 4.71. The van der Waals surface area contributed by atoms with E-state index >= 15 is 0 Å². The maximum atomic E-state index is 4.71. The molecule has 0 radical (unpaired) electrons. The Labute approximate surface area is 116 Å². The van der Waals surface area contributed by atoms with Crippen LogP contribution < -0.4 is 5.32 Å². The molecule has 4 heteroatoms. The molecule has 1 saturated heterocycles. The van der Waals surface area contributed by atoms with Crippen molar-refractivity contribution in [3.8, 4) is 0 Å². The summed E-state index contributed by atoms with van der Waals surface area (Å²) in [6.45, 7) is 4.47. The average molecular weight is 269 g/mol. The monoisotopic (exact) mass is 269 g/mol. The first-order valence-electron chi connectivity index (χ1n) is 7.20. The van der Waals surface area contributed by atoms with Gasteiger partial charge in [-0.1, -0.05) is 18.7 Å². The quantitative estimate of drug-likeness (QED) is 0.795. The molecule has 1 saturated carbocycles. The lowest BCUT2D eigenvalue weighted by molar-refractivity contribution is 0.251. The van der Waals surface area contributed by atoms with E-state index in [0.717, 1.165) is 25.4 Å². The largest absolute Gasteiger partial charge is 0.359 e. The molecule has 104 valence electrons. The van der Waals surface area contributed by atoms with Gasteiger partial charge >= 0.3 is 0 Å². The van der Waals surface area contributed by atoms with Gasteiger partial charge in [-0.25, -0.2) is 0 Å². The van der Waals surface area contributed by atoms with Crippen LogP contribution in [0, 0.1) is 5.92 Å². The van der Waals surface area contributed by atoms with E-state index in [4.69, 9.17) is 4.99 Å². The molecule has 0 bridgehead atoms. The molecular formula is C14H27N3S. The van der Waals surface area contributed by atoms with Gasteiger partial charge in [0.1, 0.15) is 0 Å². The smallest absolute Gasteiger partial charge is 0.157 e. The summed E-state index contributed by atoms with van der Waals surface area (Å²) in [5.41, 5.74) is 0.386. The van der Waals surface area contributed by atoms with Crippen molar-refractivity contribution >= 4 is 16.9 Å². The van der Waals surface area contributed by atoms with E-state index in [9.17, 15) is 0 Å². The number of aliphatic imine (C=N–C) groups is 1. The predicted octanol–water partition coefficient (Wildman–Crippen LogP) is 2.58. The lowest BCUT2D eigenvalue weighted by atomic mass is 9.78. The van der Waals surface area contributed by atoms with E-state index in [2.05, 4.69) is 31.2 Å². The first-order chi connectivity index (χ1) is 8.60. The first-order valence-corrected chi connectivity index (χ1v) is 8.18. The van der Waals surface area contributed by atoms with Gasteiger partial charge in [0, 0.05) is 17.8 Å². The molecule has 0 aromatic carbocycles. The molecule has 0 unspecified atom stereocenters. The topological polar surface area (TPSA) is 27.6 Å². The number of thioether (sulfide) groups is 1. The maximum Gasteiger partial charge on any atom is 0.157 e. The summed E-state index contributed by atoms with van der Waals surface area (Å²) in [5.74, 6) is 2.15. The van der Waals surface area contributed by atoms with Crippen LogP contribution in [0.4, 0.5) is 0 Å². The number of amidine groups is 1. The van der Waals surface area contributed by atoms with Crippen LogP contribution in [0.5, 0.6) is 0 Å². The van der Waals surface area contributed by atoms with E-state index in [1.165, 1.54) is 36.6 Å². The summed E-state index contributed by atoms with van der Waals surface area (Å²) in [5, 5.41) is 4.91. The minimum absolute atomic E-state index is 0.386. The van der Waals surface area contributed by atoms with Crippen molar-refractivity contribution in [2.75, 3.05) is 32.9 Å². The van der Waals surface area contributed by atoms with Gasteiger partial charge in [-0.3, -0.25) is 4.99 Å². The highest BCUT2D eigenvalue weighted by Gasteiger charge is 2.39. The second kappa shape index (κ2) is 6.29. The van der Waals surface area contributed by atoms with E-state index in [0.29, 0.717) is 5.54 Å². The summed E-state index contributed by atoms with van der Waals surface area (Å²) in [6.07, 6.45) is 6.57. The van der Waals surface area contributed by atoms with Gasteiger partial charge in [0.15, 0.2) is 5.17 Å². The highest BCUT2D eigenvalue weighted by molar-refractivity contribution is 8.14. The summed E-state index contributed by atoms with van der Waals surface area (Å²) >= 11 is 1.93. The van der Waals surface area contributed by atoms with Crippen molar-refractivity contribution in [1.82, 2.24) is 10.2 Å². The summed E-state index contributed by atoms with van der Waals surface area (Å²) in [6, 6.07) is 0. The van der Waals surface area contributed by atoms with Crippen molar-refractivity contribution < 1.29 is 0 Å². The first kappa shape index (κ1) is 14.2. The molecule has 0 aromatic rings. The number of rotatable bonds is 4. The van der Waals surface area contributed by atoms with Crippen LogP contribution >= 0.6 is 11.8 Å². The third kappa shape index (κ3) is 3.89. The second-order valence-electron chi connectivity index (χ2n) is 6.22. The van der Waals surface area contributed by atoms with Crippen LogP contribution in [-0.4, -0.2) is 48.5 Å². The van der Waals surface area contributed by atoms with E-state index in [-0.39, 0.29) is 0 Å². The van der Waals surface area contributed by atoms with Crippen molar-refractivity contribution in [2.24, 2.45) is 10.9 Å². The number of hydrogen-bond donors (Lipinski definition) is 1. The lowest BCUT2D eigenvalue weighted by Crippen LogP contribution is -2.46. The summed E-state index contributed by atoms with van der Waals surface area (Å²) in [7, 11) is 4.24. The number of nitrogens with zero attached hydrogens (tertiary/aromatic N) is 2. The molecule has 1 aliphatic heterocycles. The Bertz CT molecular complexity index is 293. The molecule has 2 aliphatic rings. The van der Waals surface area contributed by atoms with Gasteiger partial charge in [0.25, 0.3) is 0 Å². The summed E-state index contributed by atoms with van der Waals surface area (Å²) in [4.78, 5) is 6.93. The molecule has 0 atom stereocenters. The Morgan fingerprint density at radius 1 is 1.39 bits per heavy atom. The van der Waals surface area contributed by atoms with Crippen LogP contribution in [0.1, 0.15) is 39.0 Å². The van der Waals surface area contributed by atoms with Gasteiger partial charge in [-0.2, -0.15) is 0 Å². The minimum atomic E-state index is 0.386. The lowest BCUT2D eigenvalue weighted by Gasteiger charge is -2.35. The zero-order valence-electron chi connectivity index (χ0n) is 12.0. The molecule has 1 aliphatic carbocycles. The fourth-order valence-corrected chi connectivity index (χ4v) is 3.99. The molecule has 0 aromatic heterocycles. The third-order valence-corrected chi connectivity index (χ3v) is 5.31. The van der Waals surface area contributed by atoms with Gasteiger partial charge in [0.2, 0.25) is 0 Å². The fraction of sp³-hybridized carbons (Fsp3) is 0.929. The Morgan fingerprint density at radius 3 is 2.78 bits per heavy atom. The Morgan fingerprint density at radius 2 is 2.11 bits per heavy atom. The third-order valence-electron chi connectivity index (χ3n) is 4.11. The SMILES string of the molecule is CC1CCC2(CC1)CSC(=NCCCN(C)C)N2. The van der Waals surface area contributed by atoms with Crippen LogP contribution in [0.25, 0.3) is 0 Å². The molecule has 2 rings (SSSR count). The van der Waals surface area contributed by atoms with Crippen LogP contribution in [0.3, 0.4) is 0 Å². The van der Waals surface area contributed by atoms with Gasteiger partial charge in [0.05, 0.1) is 0 Å². The van der Waals surface area contributed by atoms with Crippen LogP contribution in [-0.2, 0) is 0 Å². The van der Waals surface area contributed by atoms with E-state index < -0.39 is 0 Å². The van der Waals surface area contributed by atoms with Crippen LogP contribution in [0.2, 0.25) is 0 Å². The van der Waals surface area contributed by atoms with Crippen molar-refractivity contribution in [1.29, 1.82) is 0 Å².